The Morgan fingerprint density at radius 3 is 2.63 bits per heavy atom. The van der Waals surface area contributed by atoms with Crippen molar-refractivity contribution in [2.45, 2.75) is 39.0 Å². The SMILES string of the molecule is Cc1nc(COc2ccc(C(=O)N(Cc3ccccc3)CC3CCCO3)cc2)no1. The molecule has 0 N–H and O–H groups in total. The summed E-state index contributed by atoms with van der Waals surface area (Å²) in [6, 6.07) is 17.2. The molecule has 1 unspecified atom stereocenters. The number of rotatable bonds is 8. The third-order valence-corrected chi connectivity index (χ3v) is 4.99. The lowest BCUT2D eigenvalue weighted by atomic mass is 10.1. The lowest BCUT2D eigenvalue weighted by molar-refractivity contribution is 0.0507. The van der Waals surface area contributed by atoms with Gasteiger partial charge in [0.1, 0.15) is 5.75 Å². The maximum absolute atomic E-state index is 13.2. The summed E-state index contributed by atoms with van der Waals surface area (Å²) in [6.07, 6.45) is 2.13. The summed E-state index contributed by atoms with van der Waals surface area (Å²) in [5, 5.41) is 3.80. The average Bonchev–Trinajstić information content (AvgIpc) is 3.44. The van der Waals surface area contributed by atoms with E-state index >= 15 is 0 Å². The van der Waals surface area contributed by atoms with Gasteiger partial charge in [-0.15, -0.1) is 0 Å². The van der Waals surface area contributed by atoms with Gasteiger partial charge in [-0.3, -0.25) is 4.79 Å². The number of ether oxygens (including phenoxy) is 2. The second-order valence-electron chi connectivity index (χ2n) is 7.35. The number of carbonyl (C=O) groups excluding carboxylic acids is 1. The van der Waals surface area contributed by atoms with Crippen LogP contribution in [-0.2, 0) is 17.9 Å². The van der Waals surface area contributed by atoms with E-state index in [0.29, 0.717) is 36.1 Å². The minimum atomic E-state index is -0.0188. The predicted octanol–water partition coefficient (Wildman–Crippen LogP) is 3.78. The smallest absolute Gasteiger partial charge is 0.254 e. The molecule has 1 saturated heterocycles. The van der Waals surface area contributed by atoms with Gasteiger partial charge >= 0.3 is 0 Å². The molecule has 4 rings (SSSR count). The Morgan fingerprint density at radius 1 is 1.17 bits per heavy atom. The van der Waals surface area contributed by atoms with Gasteiger partial charge in [-0.2, -0.15) is 4.98 Å². The van der Waals surface area contributed by atoms with Crippen molar-refractivity contribution in [2.24, 2.45) is 0 Å². The molecule has 0 spiro atoms. The van der Waals surface area contributed by atoms with E-state index in [2.05, 4.69) is 10.1 Å². The van der Waals surface area contributed by atoms with Crippen LogP contribution in [0.15, 0.2) is 59.1 Å². The molecule has 0 saturated carbocycles. The molecule has 2 aromatic carbocycles. The number of amides is 1. The first-order valence-electron chi connectivity index (χ1n) is 10.1. The van der Waals surface area contributed by atoms with Crippen LogP contribution >= 0.6 is 0 Å². The van der Waals surface area contributed by atoms with Crippen LogP contribution < -0.4 is 4.74 Å². The van der Waals surface area contributed by atoms with Gasteiger partial charge in [0.25, 0.3) is 5.91 Å². The topological polar surface area (TPSA) is 77.7 Å². The van der Waals surface area contributed by atoms with Crippen LogP contribution in [0, 0.1) is 6.92 Å². The molecule has 30 heavy (non-hydrogen) atoms. The molecule has 1 aliphatic heterocycles. The van der Waals surface area contributed by atoms with Crippen molar-refractivity contribution in [3.8, 4) is 5.75 Å². The summed E-state index contributed by atoms with van der Waals surface area (Å²) >= 11 is 0. The molecular weight excluding hydrogens is 382 g/mol. The van der Waals surface area contributed by atoms with Gasteiger partial charge in [-0.25, -0.2) is 0 Å². The van der Waals surface area contributed by atoms with Gasteiger partial charge in [-0.05, 0) is 42.7 Å². The highest BCUT2D eigenvalue weighted by Gasteiger charge is 2.23. The van der Waals surface area contributed by atoms with Crippen LogP contribution in [0.2, 0.25) is 0 Å². The Balaban J connectivity index is 1.43. The van der Waals surface area contributed by atoms with Crippen molar-refractivity contribution in [1.82, 2.24) is 15.0 Å². The molecule has 1 atom stereocenters. The van der Waals surface area contributed by atoms with Crippen molar-refractivity contribution in [1.29, 1.82) is 0 Å². The van der Waals surface area contributed by atoms with E-state index in [1.54, 1.807) is 31.2 Å². The second-order valence-corrected chi connectivity index (χ2v) is 7.35. The number of hydrogen-bond acceptors (Lipinski definition) is 6. The highest BCUT2D eigenvalue weighted by atomic mass is 16.5. The van der Waals surface area contributed by atoms with Gasteiger partial charge in [0.15, 0.2) is 6.61 Å². The molecule has 0 bridgehead atoms. The van der Waals surface area contributed by atoms with E-state index in [1.807, 2.05) is 35.2 Å². The zero-order valence-corrected chi connectivity index (χ0v) is 17.0. The number of aromatic nitrogens is 2. The summed E-state index contributed by atoms with van der Waals surface area (Å²) in [4.78, 5) is 19.2. The fourth-order valence-electron chi connectivity index (χ4n) is 3.48. The lowest BCUT2D eigenvalue weighted by Crippen LogP contribution is -2.36. The highest BCUT2D eigenvalue weighted by molar-refractivity contribution is 5.94. The summed E-state index contributed by atoms with van der Waals surface area (Å²) in [7, 11) is 0. The van der Waals surface area contributed by atoms with Crippen molar-refractivity contribution in [2.75, 3.05) is 13.2 Å². The van der Waals surface area contributed by atoms with Crippen molar-refractivity contribution in [3.63, 3.8) is 0 Å². The number of hydrogen-bond donors (Lipinski definition) is 0. The summed E-state index contributed by atoms with van der Waals surface area (Å²) in [5.41, 5.74) is 1.71. The monoisotopic (exact) mass is 407 g/mol. The van der Waals surface area contributed by atoms with Crippen LogP contribution in [0.1, 0.15) is 40.5 Å². The van der Waals surface area contributed by atoms with Gasteiger partial charge in [0, 0.05) is 32.2 Å². The number of aryl methyl sites for hydroxylation is 1. The standard InChI is InChI=1S/C23H25N3O4/c1-17-24-22(25-30-17)16-29-20-11-9-19(10-12-20)23(27)26(15-21-8-5-13-28-21)14-18-6-3-2-4-7-18/h2-4,6-7,9-12,21H,5,8,13-16H2,1H3. The van der Waals surface area contributed by atoms with E-state index in [9.17, 15) is 4.79 Å². The van der Waals surface area contributed by atoms with Crippen LogP contribution in [-0.4, -0.2) is 40.2 Å². The maximum Gasteiger partial charge on any atom is 0.254 e. The summed E-state index contributed by atoms with van der Waals surface area (Å²) in [6.45, 7) is 3.85. The number of benzene rings is 2. The Labute approximate surface area is 175 Å². The van der Waals surface area contributed by atoms with Gasteiger partial charge in [0.2, 0.25) is 11.7 Å². The normalized spacial score (nSPS) is 15.8. The molecule has 0 aliphatic carbocycles. The first-order valence-corrected chi connectivity index (χ1v) is 10.1. The van der Waals surface area contributed by atoms with Crippen molar-refractivity contribution < 1.29 is 18.8 Å². The van der Waals surface area contributed by atoms with Crippen LogP contribution in [0.4, 0.5) is 0 Å². The van der Waals surface area contributed by atoms with Crippen molar-refractivity contribution >= 4 is 5.91 Å². The first-order chi connectivity index (χ1) is 14.7. The highest BCUT2D eigenvalue weighted by Crippen LogP contribution is 2.19. The second kappa shape index (κ2) is 9.54. The lowest BCUT2D eigenvalue weighted by Gasteiger charge is -2.26. The Kier molecular flexibility index (Phi) is 6.39. The van der Waals surface area contributed by atoms with Crippen LogP contribution in [0.5, 0.6) is 5.75 Å². The number of nitrogens with zero attached hydrogens (tertiary/aromatic N) is 3. The molecule has 2 heterocycles. The van der Waals surface area contributed by atoms with E-state index < -0.39 is 0 Å². The Morgan fingerprint density at radius 2 is 1.97 bits per heavy atom. The van der Waals surface area contributed by atoms with E-state index in [4.69, 9.17) is 14.0 Å². The molecule has 1 fully saturated rings. The third-order valence-electron chi connectivity index (χ3n) is 4.99. The van der Waals surface area contributed by atoms with Crippen LogP contribution in [0.3, 0.4) is 0 Å². The molecule has 3 aromatic rings. The number of carbonyl (C=O) groups is 1. The first kappa shape index (κ1) is 20.1. The molecule has 1 aliphatic rings. The minimum Gasteiger partial charge on any atom is -0.485 e. The molecule has 156 valence electrons. The van der Waals surface area contributed by atoms with E-state index in [0.717, 1.165) is 25.0 Å². The molecule has 7 nitrogen and oxygen atoms in total. The molecule has 7 heteroatoms. The Hall–Kier alpha value is -3.19. The summed E-state index contributed by atoms with van der Waals surface area (Å²) < 4.78 is 16.4. The molecular formula is C23H25N3O4. The van der Waals surface area contributed by atoms with Crippen molar-refractivity contribution in [3.05, 3.63) is 77.4 Å². The molecule has 0 radical (unpaired) electrons. The maximum atomic E-state index is 13.2. The van der Waals surface area contributed by atoms with E-state index in [1.165, 1.54) is 0 Å². The zero-order chi connectivity index (χ0) is 20.8. The quantitative estimate of drug-likeness (QED) is 0.566. The van der Waals surface area contributed by atoms with Gasteiger partial charge < -0.3 is 18.9 Å². The minimum absolute atomic E-state index is 0.0188. The van der Waals surface area contributed by atoms with Crippen LogP contribution in [0.25, 0.3) is 0 Å². The van der Waals surface area contributed by atoms with Gasteiger partial charge in [-0.1, -0.05) is 35.5 Å². The molecule has 1 amide bonds. The fourth-order valence-corrected chi connectivity index (χ4v) is 3.48. The summed E-state index contributed by atoms with van der Waals surface area (Å²) in [5.74, 6) is 1.61. The predicted molar refractivity (Wildman–Crippen MR) is 110 cm³/mol. The fraction of sp³-hybridized carbons (Fsp3) is 0.348. The largest absolute Gasteiger partial charge is 0.485 e. The average molecular weight is 407 g/mol. The van der Waals surface area contributed by atoms with Gasteiger partial charge in [0.05, 0.1) is 6.10 Å². The Bertz CT molecular complexity index is 950. The zero-order valence-electron chi connectivity index (χ0n) is 17.0. The molecule has 1 aromatic heterocycles. The third kappa shape index (κ3) is 5.24. The van der Waals surface area contributed by atoms with E-state index in [-0.39, 0.29) is 18.6 Å².